The highest BCUT2D eigenvalue weighted by Crippen LogP contribution is 2.33. The predicted molar refractivity (Wildman–Crippen MR) is 137 cm³/mol. The Hall–Kier alpha value is -2.95. The van der Waals surface area contributed by atoms with Crippen LogP contribution in [0, 0.1) is 12.8 Å². The van der Waals surface area contributed by atoms with Crippen LogP contribution in [0.1, 0.15) is 56.2 Å². The van der Waals surface area contributed by atoms with E-state index in [2.05, 4.69) is 15.5 Å². The molecule has 3 heterocycles. The van der Waals surface area contributed by atoms with Gasteiger partial charge in [-0.1, -0.05) is 49.7 Å². The topological polar surface area (TPSA) is 129 Å². The summed E-state index contributed by atoms with van der Waals surface area (Å²) in [5.41, 5.74) is 4.13. The first-order chi connectivity index (χ1) is 17.1. The lowest BCUT2D eigenvalue weighted by molar-refractivity contribution is -0.141. The summed E-state index contributed by atoms with van der Waals surface area (Å²) in [5, 5.41) is 15.3. The van der Waals surface area contributed by atoms with Gasteiger partial charge in [0.05, 0.1) is 28.2 Å². The third kappa shape index (κ3) is 5.11. The maximum absolute atomic E-state index is 13.5. The molecule has 4 rings (SSSR count). The van der Waals surface area contributed by atoms with Gasteiger partial charge in [0.1, 0.15) is 12.0 Å². The van der Waals surface area contributed by atoms with Crippen LogP contribution in [0.2, 0.25) is 5.02 Å². The molecule has 0 saturated carbocycles. The van der Waals surface area contributed by atoms with Crippen molar-refractivity contribution in [3.63, 3.8) is 0 Å². The molecule has 1 aromatic carbocycles. The molecule has 9 nitrogen and oxygen atoms in total. The van der Waals surface area contributed by atoms with Gasteiger partial charge in [-0.15, -0.1) is 11.3 Å². The van der Waals surface area contributed by atoms with Crippen molar-refractivity contribution in [2.75, 3.05) is 6.54 Å². The molecule has 0 bridgehead atoms. The number of likely N-dealkylation sites (tertiary alicyclic amines) is 1. The molecule has 1 aliphatic heterocycles. The first-order valence-electron chi connectivity index (χ1n) is 11.7. The Morgan fingerprint density at radius 1 is 1.28 bits per heavy atom. The smallest absolute Gasteiger partial charge is 0.298 e. The van der Waals surface area contributed by atoms with Crippen LogP contribution < -0.4 is 10.9 Å². The summed E-state index contributed by atoms with van der Waals surface area (Å²) in [5.74, 6) is -1.90. The SMILES string of the molecule is Cc1ncsc1-c1ccc([C@H](C)NC(=O)C2C[C@@H](O)CN2C(=O)C(c2o[nH]c(=O)c2Cl)C(C)C)cc1. The van der Waals surface area contributed by atoms with Gasteiger partial charge in [-0.3, -0.25) is 14.4 Å². The fraction of sp³-hybridized carbons (Fsp3) is 0.440. The van der Waals surface area contributed by atoms with E-state index in [9.17, 15) is 19.5 Å². The van der Waals surface area contributed by atoms with Crippen molar-refractivity contribution in [1.82, 2.24) is 20.4 Å². The number of halogens is 1. The average Bonchev–Trinajstić information content (AvgIpc) is 3.53. The van der Waals surface area contributed by atoms with Gasteiger partial charge >= 0.3 is 0 Å². The molecule has 36 heavy (non-hydrogen) atoms. The van der Waals surface area contributed by atoms with Crippen LogP contribution >= 0.6 is 22.9 Å². The number of benzene rings is 1. The van der Waals surface area contributed by atoms with E-state index in [1.165, 1.54) is 4.90 Å². The Morgan fingerprint density at radius 2 is 1.97 bits per heavy atom. The average molecular weight is 533 g/mol. The number of aryl methyl sites for hydroxylation is 1. The molecule has 1 saturated heterocycles. The molecular formula is C25H29ClN4O5S. The van der Waals surface area contributed by atoms with Gasteiger partial charge in [0.25, 0.3) is 5.56 Å². The normalized spacial score (nSPS) is 19.5. The van der Waals surface area contributed by atoms with Crippen molar-refractivity contribution in [3.05, 3.63) is 62.2 Å². The summed E-state index contributed by atoms with van der Waals surface area (Å²) in [6.45, 7) is 7.43. The summed E-state index contributed by atoms with van der Waals surface area (Å²) in [7, 11) is 0. The van der Waals surface area contributed by atoms with Crippen LogP contribution in [0.25, 0.3) is 10.4 Å². The van der Waals surface area contributed by atoms with Gasteiger partial charge < -0.3 is 19.8 Å². The molecule has 2 amide bonds. The number of hydrogen-bond donors (Lipinski definition) is 3. The van der Waals surface area contributed by atoms with Crippen LogP contribution in [-0.4, -0.2) is 50.7 Å². The number of aromatic nitrogens is 2. The lowest BCUT2D eigenvalue weighted by Gasteiger charge is -2.29. The van der Waals surface area contributed by atoms with E-state index in [1.54, 1.807) is 25.2 Å². The maximum Gasteiger partial charge on any atom is 0.298 e. The summed E-state index contributed by atoms with van der Waals surface area (Å²) < 4.78 is 5.20. The highest BCUT2D eigenvalue weighted by Gasteiger charge is 2.44. The number of β-amino-alcohol motifs (C(OH)–C–C–N with tert-alkyl or cyclic N) is 1. The third-order valence-electron chi connectivity index (χ3n) is 6.53. The van der Waals surface area contributed by atoms with E-state index >= 15 is 0 Å². The molecule has 11 heteroatoms. The van der Waals surface area contributed by atoms with Gasteiger partial charge in [-0.05, 0) is 30.9 Å². The van der Waals surface area contributed by atoms with E-state index < -0.39 is 29.5 Å². The molecule has 1 fully saturated rings. The highest BCUT2D eigenvalue weighted by atomic mass is 35.5. The first-order valence-corrected chi connectivity index (χ1v) is 13.0. The Labute approximate surface area is 217 Å². The minimum atomic E-state index is -0.878. The molecule has 2 unspecified atom stereocenters. The van der Waals surface area contributed by atoms with Crippen molar-refractivity contribution >= 4 is 34.8 Å². The van der Waals surface area contributed by atoms with Crippen molar-refractivity contribution in [2.45, 2.75) is 58.2 Å². The van der Waals surface area contributed by atoms with E-state index in [0.29, 0.717) is 0 Å². The molecule has 0 radical (unpaired) electrons. The zero-order valence-electron chi connectivity index (χ0n) is 20.4. The fourth-order valence-corrected chi connectivity index (χ4v) is 5.59. The largest absolute Gasteiger partial charge is 0.391 e. The number of rotatable bonds is 7. The maximum atomic E-state index is 13.5. The Morgan fingerprint density at radius 3 is 2.53 bits per heavy atom. The van der Waals surface area contributed by atoms with Crippen LogP contribution in [0.3, 0.4) is 0 Å². The Kier molecular flexibility index (Phi) is 7.67. The molecule has 0 aliphatic carbocycles. The van der Waals surface area contributed by atoms with E-state index in [4.69, 9.17) is 16.1 Å². The second-order valence-electron chi connectivity index (χ2n) is 9.45. The quantitative estimate of drug-likeness (QED) is 0.426. The molecular weight excluding hydrogens is 504 g/mol. The standard InChI is InChI=1S/C25H29ClN4O5S/c1-12(2)19(21-20(26)24(33)29-35-21)25(34)30-10-17(31)9-18(30)23(32)28-13(3)15-5-7-16(8-6-15)22-14(4)27-11-36-22/h5-8,11-13,17-19,31H,9-10H2,1-4H3,(H,28,32)(H,29,33)/t13-,17+,18?,19?/m0/s1. The van der Waals surface area contributed by atoms with E-state index in [0.717, 1.165) is 21.7 Å². The molecule has 3 N–H and O–H groups in total. The van der Waals surface area contributed by atoms with Crippen molar-refractivity contribution < 1.29 is 19.2 Å². The summed E-state index contributed by atoms with van der Waals surface area (Å²) in [6.07, 6.45) is -0.729. The van der Waals surface area contributed by atoms with Crippen molar-refractivity contribution in [2.24, 2.45) is 5.92 Å². The van der Waals surface area contributed by atoms with Crippen molar-refractivity contribution in [1.29, 1.82) is 0 Å². The third-order valence-corrected chi connectivity index (χ3v) is 7.86. The van der Waals surface area contributed by atoms with Gasteiger partial charge in [0, 0.05) is 13.0 Å². The number of aromatic amines is 1. The van der Waals surface area contributed by atoms with Crippen LogP contribution in [0.15, 0.2) is 39.1 Å². The van der Waals surface area contributed by atoms with Gasteiger partial charge in [-0.2, -0.15) is 5.16 Å². The van der Waals surface area contributed by atoms with Gasteiger partial charge in [0.15, 0.2) is 10.8 Å². The number of aliphatic hydroxyl groups is 1. The number of carbonyl (C=O) groups is 2. The number of nitrogens with zero attached hydrogens (tertiary/aromatic N) is 2. The molecule has 2 aromatic heterocycles. The number of H-pyrrole nitrogens is 1. The molecule has 0 spiro atoms. The van der Waals surface area contributed by atoms with Crippen molar-refractivity contribution in [3.8, 4) is 10.4 Å². The number of aliphatic hydroxyl groups excluding tert-OH is 1. The van der Waals surface area contributed by atoms with Crippen LogP contribution in [0.4, 0.5) is 0 Å². The summed E-state index contributed by atoms with van der Waals surface area (Å²) in [4.78, 5) is 45.3. The highest BCUT2D eigenvalue weighted by molar-refractivity contribution is 7.13. The molecule has 192 valence electrons. The number of nitrogens with one attached hydrogen (secondary N) is 2. The van der Waals surface area contributed by atoms with Crippen LogP contribution in [0.5, 0.6) is 0 Å². The lowest BCUT2D eigenvalue weighted by atomic mass is 9.91. The number of amides is 2. The molecule has 1 aliphatic rings. The van der Waals surface area contributed by atoms with Crippen LogP contribution in [-0.2, 0) is 9.59 Å². The second-order valence-corrected chi connectivity index (χ2v) is 10.7. The zero-order valence-corrected chi connectivity index (χ0v) is 22.0. The Bertz CT molecular complexity index is 1300. The lowest BCUT2D eigenvalue weighted by Crippen LogP contribution is -2.48. The van der Waals surface area contributed by atoms with Gasteiger partial charge in [-0.25, -0.2) is 4.98 Å². The second kappa shape index (κ2) is 10.6. The Balaban J connectivity index is 1.50. The summed E-state index contributed by atoms with van der Waals surface area (Å²) in [6, 6.07) is 6.72. The minimum absolute atomic E-state index is 0.00366. The minimum Gasteiger partial charge on any atom is -0.391 e. The first kappa shape index (κ1) is 26.1. The zero-order chi connectivity index (χ0) is 26.1. The van der Waals surface area contributed by atoms with Gasteiger partial charge in [0.2, 0.25) is 11.8 Å². The number of hydrogen-bond acceptors (Lipinski definition) is 7. The molecule has 3 aromatic rings. The summed E-state index contributed by atoms with van der Waals surface area (Å²) >= 11 is 7.65. The number of carbonyl (C=O) groups excluding carboxylic acids is 2. The van der Waals surface area contributed by atoms with E-state index in [1.807, 2.05) is 43.6 Å². The predicted octanol–water partition coefficient (Wildman–Crippen LogP) is 3.63. The fourth-order valence-electron chi connectivity index (χ4n) is 4.58. The van der Waals surface area contributed by atoms with E-state index in [-0.39, 0.29) is 41.6 Å². The monoisotopic (exact) mass is 532 g/mol. The number of thiazole rings is 1. The molecule has 4 atom stereocenters.